The summed E-state index contributed by atoms with van der Waals surface area (Å²) in [4.78, 5) is 32.3. The third kappa shape index (κ3) is 4.75. The number of hydrogen-bond donors (Lipinski definition) is 1. The van der Waals surface area contributed by atoms with E-state index >= 15 is 0 Å². The smallest absolute Gasteiger partial charge is 0.242 e. The first-order chi connectivity index (χ1) is 11.4. The number of aromatic nitrogens is 1. The lowest BCUT2D eigenvalue weighted by Gasteiger charge is -2.22. The van der Waals surface area contributed by atoms with Crippen molar-refractivity contribution in [3.8, 4) is 0 Å². The van der Waals surface area contributed by atoms with Gasteiger partial charge in [0.25, 0.3) is 0 Å². The van der Waals surface area contributed by atoms with Gasteiger partial charge < -0.3 is 5.32 Å². The molecule has 24 heavy (non-hydrogen) atoms. The molecule has 1 aromatic carbocycles. The van der Waals surface area contributed by atoms with Gasteiger partial charge in [0, 0.05) is 12.6 Å². The Hall–Kier alpha value is -1.99. The van der Waals surface area contributed by atoms with Gasteiger partial charge in [-0.05, 0) is 40.0 Å². The van der Waals surface area contributed by atoms with E-state index in [0.29, 0.717) is 11.7 Å². The van der Waals surface area contributed by atoms with Gasteiger partial charge >= 0.3 is 0 Å². The van der Waals surface area contributed by atoms with Crippen LogP contribution in [0.1, 0.15) is 20.8 Å². The number of carbonyl (C=O) groups excluding carboxylic acids is 2. The Morgan fingerprint density at radius 3 is 2.58 bits per heavy atom. The van der Waals surface area contributed by atoms with Crippen LogP contribution in [0.25, 0.3) is 10.2 Å². The van der Waals surface area contributed by atoms with Gasteiger partial charge in [-0.2, -0.15) is 0 Å². The number of likely N-dealkylation sites (N-methyl/N-ethyl adjacent to an activating group) is 2. The van der Waals surface area contributed by atoms with Crippen LogP contribution in [0.5, 0.6) is 0 Å². The van der Waals surface area contributed by atoms with Crippen LogP contribution in [0, 0.1) is 0 Å². The molecule has 0 bridgehead atoms. The van der Waals surface area contributed by atoms with Crippen molar-refractivity contribution in [2.45, 2.75) is 26.8 Å². The van der Waals surface area contributed by atoms with Crippen LogP contribution in [-0.2, 0) is 9.59 Å². The van der Waals surface area contributed by atoms with Gasteiger partial charge in [0.05, 0.1) is 23.3 Å². The molecule has 130 valence electrons. The summed E-state index contributed by atoms with van der Waals surface area (Å²) < 4.78 is 1.06. The number of amides is 2. The first-order valence-corrected chi connectivity index (χ1v) is 8.86. The Kier molecular flexibility index (Phi) is 6.28. The van der Waals surface area contributed by atoms with Crippen molar-refractivity contribution in [2.75, 3.05) is 31.6 Å². The first kappa shape index (κ1) is 18.4. The Morgan fingerprint density at radius 1 is 1.25 bits per heavy atom. The Balaban J connectivity index is 2.02. The molecule has 0 aliphatic rings. The number of nitrogens with one attached hydrogen (secondary N) is 1. The molecule has 2 amide bonds. The van der Waals surface area contributed by atoms with Crippen LogP contribution in [0.4, 0.5) is 5.13 Å². The highest BCUT2D eigenvalue weighted by atomic mass is 32.1. The Morgan fingerprint density at radius 2 is 1.96 bits per heavy atom. The van der Waals surface area contributed by atoms with Gasteiger partial charge in [0.15, 0.2) is 5.13 Å². The van der Waals surface area contributed by atoms with Gasteiger partial charge in [-0.1, -0.05) is 23.5 Å². The monoisotopic (exact) mass is 348 g/mol. The van der Waals surface area contributed by atoms with E-state index in [9.17, 15) is 9.59 Å². The van der Waals surface area contributed by atoms with Crippen molar-refractivity contribution in [1.29, 1.82) is 0 Å². The quantitative estimate of drug-likeness (QED) is 0.832. The largest absolute Gasteiger partial charge is 0.353 e. The topological polar surface area (TPSA) is 65.5 Å². The molecule has 0 aliphatic heterocycles. The van der Waals surface area contributed by atoms with Gasteiger partial charge in [-0.25, -0.2) is 4.98 Å². The summed E-state index contributed by atoms with van der Waals surface area (Å²) in [5, 5.41) is 3.52. The van der Waals surface area contributed by atoms with E-state index in [-0.39, 0.29) is 30.9 Å². The maximum absolute atomic E-state index is 12.6. The predicted octanol–water partition coefficient (Wildman–Crippen LogP) is 2.11. The average molecular weight is 348 g/mol. The van der Waals surface area contributed by atoms with Crippen LogP contribution in [0.15, 0.2) is 24.3 Å². The third-order valence-electron chi connectivity index (χ3n) is 3.40. The molecule has 0 saturated carbocycles. The molecular weight excluding hydrogens is 324 g/mol. The summed E-state index contributed by atoms with van der Waals surface area (Å²) in [5.74, 6) is -0.139. The van der Waals surface area contributed by atoms with E-state index in [4.69, 9.17) is 0 Å². The molecule has 6 nitrogen and oxygen atoms in total. The summed E-state index contributed by atoms with van der Waals surface area (Å²) in [5.41, 5.74) is 0.897. The van der Waals surface area contributed by atoms with Crippen LogP contribution in [-0.4, -0.2) is 54.4 Å². The molecule has 7 heteroatoms. The van der Waals surface area contributed by atoms with Gasteiger partial charge in [-0.15, -0.1) is 0 Å². The van der Waals surface area contributed by atoms with Gasteiger partial charge in [0.2, 0.25) is 11.8 Å². The predicted molar refractivity (Wildman–Crippen MR) is 98.4 cm³/mol. The molecule has 0 aliphatic carbocycles. The highest BCUT2D eigenvalue weighted by Crippen LogP contribution is 2.28. The van der Waals surface area contributed by atoms with Crippen molar-refractivity contribution < 1.29 is 9.59 Å². The maximum Gasteiger partial charge on any atom is 0.242 e. The minimum atomic E-state index is -0.0802. The number of rotatable bonds is 7. The molecule has 0 atom stereocenters. The van der Waals surface area contributed by atoms with E-state index in [1.165, 1.54) is 11.3 Å². The van der Waals surface area contributed by atoms with E-state index in [0.717, 1.165) is 10.2 Å². The molecular formula is C17H24N4O2S. The van der Waals surface area contributed by atoms with E-state index < -0.39 is 0 Å². The average Bonchev–Trinajstić information content (AvgIpc) is 2.89. The first-order valence-electron chi connectivity index (χ1n) is 8.04. The van der Waals surface area contributed by atoms with Crippen molar-refractivity contribution >= 4 is 38.5 Å². The summed E-state index contributed by atoms with van der Waals surface area (Å²) in [7, 11) is 1.77. The molecule has 0 saturated heterocycles. The van der Waals surface area contributed by atoms with E-state index in [1.54, 1.807) is 16.8 Å². The summed E-state index contributed by atoms with van der Waals surface area (Å²) in [6, 6.07) is 7.93. The third-order valence-corrected chi connectivity index (χ3v) is 4.46. The van der Waals surface area contributed by atoms with Crippen LogP contribution >= 0.6 is 11.3 Å². The normalized spacial score (nSPS) is 11.2. The lowest BCUT2D eigenvalue weighted by Crippen LogP contribution is -2.43. The number of anilines is 1. The number of nitrogens with zero attached hydrogens (tertiary/aromatic N) is 3. The molecule has 2 aromatic rings. The Labute approximate surface area is 146 Å². The van der Waals surface area contributed by atoms with Gasteiger partial charge in [0.1, 0.15) is 0 Å². The maximum atomic E-state index is 12.6. The van der Waals surface area contributed by atoms with Crippen molar-refractivity contribution in [1.82, 2.24) is 15.2 Å². The van der Waals surface area contributed by atoms with E-state index in [1.807, 2.05) is 45.0 Å². The minimum absolute atomic E-state index is 0.0589. The summed E-state index contributed by atoms with van der Waals surface area (Å²) in [6.07, 6.45) is 0. The number of para-hydroxylation sites is 1. The van der Waals surface area contributed by atoms with Crippen molar-refractivity contribution in [3.63, 3.8) is 0 Å². The number of benzene rings is 1. The second-order valence-electron chi connectivity index (χ2n) is 6.00. The molecule has 1 heterocycles. The van der Waals surface area contributed by atoms with Crippen LogP contribution in [0.2, 0.25) is 0 Å². The number of fused-ring (bicyclic) bond motifs is 1. The lowest BCUT2D eigenvalue weighted by molar-refractivity contribution is -0.123. The van der Waals surface area contributed by atoms with Crippen molar-refractivity contribution in [2.24, 2.45) is 0 Å². The van der Waals surface area contributed by atoms with Crippen LogP contribution < -0.4 is 10.2 Å². The highest BCUT2D eigenvalue weighted by molar-refractivity contribution is 7.22. The fourth-order valence-corrected chi connectivity index (χ4v) is 3.43. The summed E-state index contributed by atoms with van der Waals surface area (Å²) in [6.45, 7) is 6.67. The second-order valence-corrected chi connectivity index (χ2v) is 7.01. The fraction of sp³-hybridized carbons (Fsp3) is 0.471. The second kappa shape index (κ2) is 8.21. The molecule has 0 unspecified atom stereocenters. The zero-order valence-electron chi connectivity index (χ0n) is 14.6. The van der Waals surface area contributed by atoms with Gasteiger partial charge in [-0.3, -0.25) is 19.4 Å². The molecule has 0 fully saturated rings. The number of carbonyl (C=O) groups is 2. The minimum Gasteiger partial charge on any atom is -0.353 e. The fourth-order valence-electron chi connectivity index (χ4n) is 2.38. The number of hydrogen-bond acceptors (Lipinski definition) is 5. The summed E-state index contributed by atoms with van der Waals surface area (Å²) >= 11 is 1.50. The molecule has 1 aromatic heterocycles. The SMILES string of the molecule is CCN(C(=O)CN(C)CC(=O)NC(C)C)c1nc2ccccc2s1. The molecule has 0 spiro atoms. The van der Waals surface area contributed by atoms with E-state index in [2.05, 4.69) is 10.3 Å². The lowest BCUT2D eigenvalue weighted by atomic mass is 10.3. The molecule has 1 N–H and O–H groups in total. The highest BCUT2D eigenvalue weighted by Gasteiger charge is 2.20. The van der Waals surface area contributed by atoms with Crippen LogP contribution in [0.3, 0.4) is 0 Å². The zero-order valence-corrected chi connectivity index (χ0v) is 15.4. The molecule has 0 radical (unpaired) electrons. The molecule has 2 rings (SSSR count). The zero-order chi connectivity index (χ0) is 17.7. The van der Waals surface area contributed by atoms with Crippen molar-refractivity contribution in [3.05, 3.63) is 24.3 Å². The standard InChI is InChI=1S/C17H24N4O2S/c1-5-21(17-19-13-8-6-7-9-14(13)24-17)16(23)11-20(4)10-15(22)18-12(2)3/h6-9,12H,5,10-11H2,1-4H3,(H,18,22). The number of thiazole rings is 1. The Bertz CT molecular complexity index is 680.